The van der Waals surface area contributed by atoms with E-state index < -0.39 is 0 Å². The molecule has 0 N–H and O–H groups in total. The predicted octanol–water partition coefficient (Wildman–Crippen LogP) is 0.00940. The molecule has 0 saturated heterocycles. The van der Waals surface area contributed by atoms with Gasteiger partial charge in [0, 0.05) is 12.1 Å². The van der Waals surface area contributed by atoms with E-state index >= 15 is 0 Å². The summed E-state index contributed by atoms with van der Waals surface area (Å²) in [5, 5.41) is 0. The second-order valence-corrected chi connectivity index (χ2v) is 5.58. The zero-order chi connectivity index (χ0) is 9.97. The first kappa shape index (κ1) is 14.8. The minimum absolute atomic E-state index is 0. The fourth-order valence-electron chi connectivity index (χ4n) is 2.96. The van der Waals surface area contributed by atoms with Gasteiger partial charge in [-0.05, 0) is 25.7 Å². The molecule has 0 aromatic carbocycles. The Hall–Kier alpha value is 1.75. The molecule has 0 spiro atoms. The molecule has 2 rings (SSSR count). The van der Waals surface area contributed by atoms with Gasteiger partial charge < -0.3 is 29.7 Å². The second kappa shape index (κ2) is 7.24. The Labute approximate surface area is 147 Å². The molecule has 0 bridgehead atoms. The third-order valence-electron chi connectivity index (χ3n) is 3.65. The van der Waals surface area contributed by atoms with Crippen LogP contribution in [0.2, 0.25) is 0 Å². The van der Waals surface area contributed by atoms with E-state index in [1.807, 2.05) is 0 Å². The zero-order valence-electron chi connectivity index (χ0n) is 9.58. The van der Waals surface area contributed by atoms with Gasteiger partial charge in [0.15, 0.2) is 0 Å². The van der Waals surface area contributed by atoms with Gasteiger partial charge in [0.2, 0.25) is 0 Å². The quantitative estimate of drug-likeness (QED) is 0.394. The van der Waals surface area contributed by atoms with Crippen LogP contribution in [0, 0.1) is 0 Å². The molecule has 80 valence electrons. The first-order valence-corrected chi connectivity index (χ1v) is 6.60. The number of nitrogens with zero attached hydrogens (tertiary/aromatic N) is 1. The molecule has 0 unspecified atom stereocenters. The van der Waals surface area contributed by atoms with Crippen LogP contribution in [0.15, 0.2) is 0 Å². The van der Waals surface area contributed by atoms with Crippen LogP contribution in [0.25, 0.3) is 0 Å². The van der Waals surface area contributed by atoms with Gasteiger partial charge in [-0.15, -0.1) is 0 Å². The molecular formula is C11H18KNS2. The minimum Gasteiger partial charge on any atom is -0.411 e. The van der Waals surface area contributed by atoms with Crippen molar-refractivity contribution in [1.82, 2.24) is 4.90 Å². The van der Waals surface area contributed by atoms with Crippen LogP contribution < -0.4 is 51.4 Å². The first-order valence-electron chi connectivity index (χ1n) is 5.78. The van der Waals surface area contributed by atoms with Gasteiger partial charge in [0.1, 0.15) is 0 Å². The Morgan fingerprint density at radius 1 is 0.933 bits per heavy atom. The van der Waals surface area contributed by atoms with Crippen molar-refractivity contribution in [3.05, 3.63) is 0 Å². The van der Waals surface area contributed by atoms with Crippen molar-refractivity contribution in [2.24, 2.45) is 0 Å². The Kier molecular flexibility index (Phi) is 7.15. The Bertz CT molecular complexity index is 195. The third-order valence-corrected chi connectivity index (χ3v) is 4.07. The number of rotatable bonds is 2. The SMILES string of the molecule is S=C([S-])N(C1CCCC1)C1CCCC1.[K+]. The summed E-state index contributed by atoms with van der Waals surface area (Å²) < 4.78 is 0.726. The molecule has 2 aliphatic carbocycles. The van der Waals surface area contributed by atoms with E-state index in [4.69, 9.17) is 24.8 Å². The second-order valence-electron chi connectivity index (χ2n) is 4.55. The molecule has 1 nitrogen and oxygen atoms in total. The van der Waals surface area contributed by atoms with Crippen LogP contribution in [0.5, 0.6) is 0 Å². The van der Waals surface area contributed by atoms with Gasteiger partial charge in [0.25, 0.3) is 0 Å². The molecule has 2 fully saturated rings. The average Bonchev–Trinajstić information content (AvgIpc) is 2.75. The van der Waals surface area contributed by atoms with Crippen molar-refractivity contribution >= 4 is 29.2 Å². The molecule has 0 aliphatic heterocycles. The van der Waals surface area contributed by atoms with Crippen LogP contribution in [-0.4, -0.2) is 21.3 Å². The van der Waals surface area contributed by atoms with Crippen molar-refractivity contribution in [3.63, 3.8) is 0 Å². The first-order chi connectivity index (χ1) is 6.79. The zero-order valence-corrected chi connectivity index (χ0v) is 14.3. The van der Waals surface area contributed by atoms with Crippen molar-refractivity contribution in [1.29, 1.82) is 0 Å². The van der Waals surface area contributed by atoms with Crippen LogP contribution in [0.4, 0.5) is 0 Å². The summed E-state index contributed by atoms with van der Waals surface area (Å²) in [7, 11) is 0. The minimum atomic E-state index is 0. The molecule has 2 aliphatic rings. The molecule has 0 heterocycles. The summed E-state index contributed by atoms with van der Waals surface area (Å²) >= 11 is 10.5. The summed E-state index contributed by atoms with van der Waals surface area (Å²) in [6.45, 7) is 0. The number of hydrogen-bond acceptors (Lipinski definition) is 2. The number of hydrogen-bond donors (Lipinski definition) is 0. The molecule has 4 heteroatoms. The van der Waals surface area contributed by atoms with Gasteiger partial charge >= 0.3 is 51.4 Å². The van der Waals surface area contributed by atoms with E-state index in [2.05, 4.69) is 4.90 Å². The Morgan fingerprint density at radius 2 is 1.27 bits per heavy atom. The van der Waals surface area contributed by atoms with Crippen LogP contribution in [-0.2, 0) is 12.6 Å². The van der Waals surface area contributed by atoms with Crippen molar-refractivity contribution < 1.29 is 51.4 Å². The molecule has 0 aromatic heterocycles. The number of thiocarbonyl (C=S) groups is 1. The normalized spacial score (nSPS) is 22.7. The van der Waals surface area contributed by atoms with Crippen molar-refractivity contribution in [2.45, 2.75) is 63.5 Å². The Balaban J connectivity index is 0.00000112. The van der Waals surface area contributed by atoms with E-state index in [1.54, 1.807) is 0 Å². The van der Waals surface area contributed by atoms with Crippen LogP contribution >= 0.6 is 12.2 Å². The van der Waals surface area contributed by atoms with Crippen molar-refractivity contribution in [2.75, 3.05) is 0 Å². The maximum absolute atomic E-state index is 5.23. The summed E-state index contributed by atoms with van der Waals surface area (Å²) in [6.07, 6.45) is 10.7. The van der Waals surface area contributed by atoms with E-state index in [0.717, 1.165) is 4.32 Å². The molecule has 0 atom stereocenters. The summed E-state index contributed by atoms with van der Waals surface area (Å²) in [6, 6.07) is 1.37. The summed E-state index contributed by atoms with van der Waals surface area (Å²) in [4.78, 5) is 2.39. The van der Waals surface area contributed by atoms with E-state index in [-0.39, 0.29) is 51.4 Å². The third kappa shape index (κ3) is 3.86. The van der Waals surface area contributed by atoms with Crippen molar-refractivity contribution in [3.8, 4) is 0 Å². The maximum Gasteiger partial charge on any atom is 1.00 e. The van der Waals surface area contributed by atoms with E-state index in [0.29, 0.717) is 12.1 Å². The van der Waals surface area contributed by atoms with E-state index in [9.17, 15) is 0 Å². The monoisotopic (exact) mass is 267 g/mol. The Morgan fingerprint density at radius 3 is 1.53 bits per heavy atom. The summed E-state index contributed by atoms with van der Waals surface area (Å²) in [5.41, 5.74) is 0. The largest absolute Gasteiger partial charge is 1.00 e. The van der Waals surface area contributed by atoms with Gasteiger partial charge in [-0.25, -0.2) is 0 Å². The van der Waals surface area contributed by atoms with Crippen LogP contribution in [0.3, 0.4) is 0 Å². The molecule has 2 saturated carbocycles. The molecule has 15 heavy (non-hydrogen) atoms. The fraction of sp³-hybridized carbons (Fsp3) is 0.909. The molecule has 0 amide bonds. The predicted molar refractivity (Wildman–Crippen MR) is 66.3 cm³/mol. The molecule has 0 radical (unpaired) electrons. The summed E-state index contributed by atoms with van der Waals surface area (Å²) in [5.74, 6) is 0. The molecule has 0 aromatic rings. The standard InChI is InChI=1S/C11H19NS2.K/c13-11(14)12(9-5-1-2-6-9)10-7-3-4-8-10;/h9-10H,1-8H2,(H,13,14);/q;+1/p-1. The van der Waals surface area contributed by atoms with Gasteiger partial charge in [-0.1, -0.05) is 30.0 Å². The topological polar surface area (TPSA) is 3.24 Å². The maximum atomic E-state index is 5.23. The van der Waals surface area contributed by atoms with Gasteiger partial charge in [-0.3, -0.25) is 0 Å². The van der Waals surface area contributed by atoms with Gasteiger partial charge in [-0.2, -0.15) is 0 Å². The van der Waals surface area contributed by atoms with E-state index in [1.165, 1.54) is 51.4 Å². The average molecular weight is 268 g/mol. The molecular weight excluding hydrogens is 249 g/mol. The fourth-order valence-corrected chi connectivity index (χ4v) is 3.56. The smallest absolute Gasteiger partial charge is 0.411 e. The van der Waals surface area contributed by atoms with Crippen LogP contribution in [0.1, 0.15) is 51.4 Å². The van der Waals surface area contributed by atoms with Gasteiger partial charge in [0.05, 0.1) is 0 Å².